The van der Waals surface area contributed by atoms with Crippen molar-refractivity contribution >= 4 is 11.4 Å². The van der Waals surface area contributed by atoms with E-state index < -0.39 is 16.4 Å². The van der Waals surface area contributed by atoms with E-state index in [0.29, 0.717) is 0 Å². The molecule has 1 unspecified atom stereocenters. The van der Waals surface area contributed by atoms with Crippen molar-refractivity contribution in [3.05, 3.63) is 34.1 Å². The average Bonchev–Trinajstić information content (AvgIpc) is 2.37. The van der Waals surface area contributed by atoms with Gasteiger partial charge >= 0.3 is 5.69 Å². The summed E-state index contributed by atoms with van der Waals surface area (Å²) in [6, 6.07) is 4.37. The van der Waals surface area contributed by atoms with Gasteiger partial charge in [0, 0.05) is 11.6 Å². The van der Waals surface area contributed by atoms with Crippen molar-refractivity contribution in [1.29, 1.82) is 0 Å². The molecular formula is C14H18FN3O2. The summed E-state index contributed by atoms with van der Waals surface area (Å²) in [5.74, 6) is -0.785. The van der Waals surface area contributed by atoms with Gasteiger partial charge in [0.05, 0.1) is 4.92 Å². The van der Waals surface area contributed by atoms with Crippen molar-refractivity contribution in [2.24, 2.45) is 0 Å². The van der Waals surface area contributed by atoms with Gasteiger partial charge in [0.2, 0.25) is 5.82 Å². The summed E-state index contributed by atoms with van der Waals surface area (Å²) in [6.45, 7) is 0.904. The molecule has 108 valence electrons. The van der Waals surface area contributed by atoms with Crippen LogP contribution in [-0.4, -0.2) is 23.0 Å². The van der Waals surface area contributed by atoms with Crippen molar-refractivity contribution in [1.82, 2.24) is 5.32 Å². The molecule has 0 aromatic heterocycles. The summed E-state index contributed by atoms with van der Waals surface area (Å²) in [5.41, 5.74) is 0.0444. The molecule has 0 radical (unpaired) electrons. The molecule has 20 heavy (non-hydrogen) atoms. The number of nitro groups is 1. The van der Waals surface area contributed by atoms with E-state index in [4.69, 9.17) is 0 Å². The first-order valence-corrected chi connectivity index (χ1v) is 7.04. The third kappa shape index (κ3) is 2.35. The number of nitrogens with zero attached hydrogens (tertiary/aromatic N) is 1. The number of hydrogen-bond acceptors (Lipinski definition) is 4. The monoisotopic (exact) mass is 279 g/mol. The number of nitro benzene ring substituents is 1. The molecule has 1 aromatic carbocycles. The predicted molar refractivity (Wildman–Crippen MR) is 74.3 cm³/mol. The smallest absolute Gasteiger partial charge is 0.327 e. The van der Waals surface area contributed by atoms with E-state index in [1.54, 1.807) is 6.07 Å². The minimum Gasteiger partial charge on any atom is -0.377 e. The van der Waals surface area contributed by atoms with Gasteiger partial charge in [-0.2, -0.15) is 4.39 Å². The molecule has 5 nitrogen and oxygen atoms in total. The fourth-order valence-corrected chi connectivity index (χ4v) is 3.30. The van der Waals surface area contributed by atoms with Crippen LogP contribution in [0.2, 0.25) is 0 Å². The van der Waals surface area contributed by atoms with E-state index in [9.17, 15) is 14.5 Å². The Bertz CT molecular complexity index is 531. The van der Waals surface area contributed by atoms with E-state index in [2.05, 4.69) is 10.6 Å². The molecule has 1 saturated carbocycles. The lowest BCUT2D eigenvalue weighted by Crippen LogP contribution is -2.58. The normalized spacial score (nSPS) is 24.1. The zero-order chi connectivity index (χ0) is 14.2. The standard InChI is InChI=1S/C14H18FN3O2/c15-11-3-1-4-12(13(11)18(19)20)17-10-5-8-16-14(9-10)6-2-7-14/h1,3-4,10,16-17H,2,5-9H2. The molecule has 6 heteroatoms. The fourth-order valence-electron chi connectivity index (χ4n) is 3.30. The number of rotatable bonds is 3. The zero-order valence-electron chi connectivity index (χ0n) is 11.2. The van der Waals surface area contributed by atoms with Crippen LogP contribution in [0.3, 0.4) is 0 Å². The Kier molecular flexibility index (Phi) is 3.33. The Balaban J connectivity index is 1.77. The van der Waals surface area contributed by atoms with Gasteiger partial charge in [-0.15, -0.1) is 0 Å². The molecule has 1 aromatic rings. The molecule has 1 saturated heterocycles. The van der Waals surface area contributed by atoms with Crippen molar-refractivity contribution < 1.29 is 9.31 Å². The van der Waals surface area contributed by atoms with Crippen LogP contribution in [0.25, 0.3) is 0 Å². The van der Waals surface area contributed by atoms with Crippen LogP contribution in [0.1, 0.15) is 32.1 Å². The second kappa shape index (κ2) is 5.01. The molecule has 0 amide bonds. The number of nitrogens with one attached hydrogen (secondary N) is 2. The molecule has 1 aliphatic carbocycles. The Labute approximate surface area is 116 Å². The van der Waals surface area contributed by atoms with Crippen LogP contribution in [0.4, 0.5) is 15.8 Å². The van der Waals surface area contributed by atoms with Gasteiger partial charge in [-0.05, 0) is 50.8 Å². The van der Waals surface area contributed by atoms with Crippen LogP contribution in [0.5, 0.6) is 0 Å². The van der Waals surface area contributed by atoms with Crippen LogP contribution in [0.15, 0.2) is 18.2 Å². The Morgan fingerprint density at radius 3 is 2.90 bits per heavy atom. The van der Waals surface area contributed by atoms with E-state index in [1.807, 2.05) is 0 Å². The van der Waals surface area contributed by atoms with Gasteiger partial charge in [0.15, 0.2) is 0 Å². The van der Waals surface area contributed by atoms with Crippen molar-refractivity contribution in [2.45, 2.75) is 43.7 Å². The summed E-state index contributed by atoms with van der Waals surface area (Å²) < 4.78 is 13.6. The summed E-state index contributed by atoms with van der Waals surface area (Å²) in [7, 11) is 0. The Morgan fingerprint density at radius 1 is 1.45 bits per heavy atom. The first-order valence-electron chi connectivity index (χ1n) is 7.04. The van der Waals surface area contributed by atoms with Crippen molar-refractivity contribution in [2.75, 3.05) is 11.9 Å². The number of halogens is 1. The highest BCUT2D eigenvalue weighted by Gasteiger charge is 2.41. The first-order chi connectivity index (χ1) is 9.60. The van der Waals surface area contributed by atoms with Gasteiger partial charge in [-0.25, -0.2) is 0 Å². The number of anilines is 1. The van der Waals surface area contributed by atoms with Crippen LogP contribution in [-0.2, 0) is 0 Å². The van der Waals surface area contributed by atoms with Crippen LogP contribution < -0.4 is 10.6 Å². The summed E-state index contributed by atoms with van der Waals surface area (Å²) >= 11 is 0. The van der Waals surface area contributed by atoms with E-state index in [1.165, 1.54) is 12.5 Å². The summed E-state index contributed by atoms with van der Waals surface area (Å²) in [5, 5.41) is 17.7. The van der Waals surface area contributed by atoms with Gasteiger partial charge < -0.3 is 10.6 Å². The fraction of sp³-hybridized carbons (Fsp3) is 0.571. The maximum absolute atomic E-state index is 13.6. The minimum atomic E-state index is -0.785. The van der Waals surface area contributed by atoms with Gasteiger partial charge in [-0.1, -0.05) is 6.07 Å². The average molecular weight is 279 g/mol. The second-order valence-electron chi connectivity index (χ2n) is 5.79. The van der Waals surface area contributed by atoms with Crippen LogP contribution >= 0.6 is 0 Å². The maximum atomic E-state index is 13.6. The summed E-state index contributed by atoms with van der Waals surface area (Å²) in [6.07, 6.45) is 5.41. The molecule has 1 heterocycles. The summed E-state index contributed by atoms with van der Waals surface area (Å²) in [4.78, 5) is 10.3. The lowest BCUT2D eigenvalue weighted by molar-refractivity contribution is -0.386. The first kappa shape index (κ1) is 13.3. The molecular weight excluding hydrogens is 261 g/mol. The SMILES string of the molecule is O=[N+]([O-])c1c(F)cccc1NC1CCNC2(CCC2)C1. The van der Waals surface area contributed by atoms with E-state index >= 15 is 0 Å². The van der Waals surface area contributed by atoms with E-state index in [-0.39, 0.29) is 17.3 Å². The number of para-hydroxylation sites is 1. The lowest BCUT2D eigenvalue weighted by Gasteiger charge is -2.48. The molecule has 2 fully saturated rings. The Morgan fingerprint density at radius 2 is 2.25 bits per heavy atom. The molecule has 1 spiro atoms. The Hall–Kier alpha value is -1.69. The van der Waals surface area contributed by atoms with Crippen molar-refractivity contribution in [3.63, 3.8) is 0 Å². The predicted octanol–water partition coefficient (Wildman–Crippen LogP) is 2.82. The molecule has 3 rings (SSSR count). The largest absolute Gasteiger partial charge is 0.377 e. The number of piperidine rings is 1. The van der Waals surface area contributed by atoms with E-state index in [0.717, 1.165) is 38.3 Å². The third-order valence-corrected chi connectivity index (χ3v) is 4.47. The number of benzene rings is 1. The molecule has 1 atom stereocenters. The van der Waals surface area contributed by atoms with Gasteiger partial charge in [-0.3, -0.25) is 10.1 Å². The maximum Gasteiger partial charge on any atom is 0.327 e. The quantitative estimate of drug-likeness (QED) is 0.659. The highest BCUT2D eigenvalue weighted by atomic mass is 19.1. The lowest BCUT2D eigenvalue weighted by atomic mass is 9.70. The highest BCUT2D eigenvalue weighted by Crippen LogP contribution is 2.39. The third-order valence-electron chi connectivity index (χ3n) is 4.47. The molecule has 0 bridgehead atoms. The molecule has 1 aliphatic heterocycles. The highest BCUT2D eigenvalue weighted by molar-refractivity contribution is 5.62. The minimum absolute atomic E-state index is 0.164. The topological polar surface area (TPSA) is 67.2 Å². The number of hydrogen-bond donors (Lipinski definition) is 2. The van der Waals surface area contributed by atoms with Crippen molar-refractivity contribution in [3.8, 4) is 0 Å². The molecule has 2 aliphatic rings. The zero-order valence-corrected chi connectivity index (χ0v) is 11.2. The molecule has 2 N–H and O–H groups in total. The van der Waals surface area contributed by atoms with Crippen LogP contribution in [0, 0.1) is 15.9 Å². The van der Waals surface area contributed by atoms with Gasteiger partial charge in [0.25, 0.3) is 0 Å². The second-order valence-corrected chi connectivity index (χ2v) is 5.79. The van der Waals surface area contributed by atoms with Gasteiger partial charge in [0.1, 0.15) is 5.69 Å².